The van der Waals surface area contributed by atoms with Gasteiger partial charge in [-0.2, -0.15) is 0 Å². The highest BCUT2D eigenvalue weighted by atomic mass is 32.2. The highest BCUT2D eigenvalue weighted by Crippen LogP contribution is 2.11. The van der Waals surface area contributed by atoms with E-state index in [2.05, 4.69) is 5.32 Å². The molecule has 112 valence electrons. The summed E-state index contributed by atoms with van der Waals surface area (Å²) in [5.74, 6) is -1.99. The van der Waals surface area contributed by atoms with Gasteiger partial charge in [-0.3, -0.25) is 9.59 Å². The van der Waals surface area contributed by atoms with E-state index in [1.807, 2.05) is 0 Å². The molecule has 1 heterocycles. The normalized spacial score (nSPS) is 12.9. The zero-order valence-electron chi connectivity index (χ0n) is 11.2. The molecule has 0 saturated heterocycles. The Morgan fingerprint density at radius 1 is 1.50 bits per heavy atom. The fourth-order valence-corrected chi connectivity index (χ4v) is 2.11. The number of nitrogens with two attached hydrogens (primary N) is 1. The van der Waals surface area contributed by atoms with Gasteiger partial charge in [0.25, 0.3) is 5.91 Å². The average Bonchev–Trinajstić information content (AvgIpc) is 2.70. The zero-order chi connectivity index (χ0) is 15.5. The standard InChI is InChI=1S/C11H17N3O5S/c1-7(11(16)17)3-4-13-10(15)9-5-8(6-14(9)2)20(12,18)19/h5-7H,3-4H2,1-2H3,(H,13,15)(H,16,17)(H2,12,18,19). The van der Waals surface area contributed by atoms with Crippen molar-refractivity contribution < 1.29 is 23.1 Å². The maximum absolute atomic E-state index is 11.8. The van der Waals surface area contributed by atoms with Crippen molar-refractivity contribution in [2.75, 3.05) is 6.54 Å². The van der Waals surface area contributed by atoms with Crippen molar-refractivity contribution in [1.29, 1.82) is 0 Å². The molecule has 20 heavy (non-hydrogen) atoms. The van der Waals surface area contributed by atoms with Crippen LogP contribution in [0.4, 0.5) is 0 Å². The number of primary sulfonamides is 1. The molecule has 0 aliphatic rings. The molecule has 1 rings (SSSR count). The molecule has 4 N–H and O–H groups in total. The lowest BCUT2D eigenvalue weighted by Crippen LogP contribution is -2.28. The molecule has 9 heteroatoms. The summed E-state index contributed by atoms with van der Waals surface area (Å²) < 4.78 is 23.7. The summed E-state index contributed by atoms with van der Waals surface area (Å²) in [5.41, 5.74) is 0.136. The van der Waals surface area contributed by atoms with Crippen molar-refractivity contribution in [2.24, 2.45) is 18.1 Å². The molecule has 1 atom stereocenters. The monoisotopic (exact) mass is 303 g/mol. The second-order valence-electron chi connectivity index (χ2n) is 4.50. The van der Waals surface area contributed by atoms with Crippen LogP contribution in [0.2, 0.25) is 0 Å². The van der Waals surface area contributed by atoms with E-state index in [-0.39, 0.29) is 23.6 Å². The van der Waals surface area contributed by atoms with Crippen LogP contribution in [0, 0.1) is 5.92 Å². The number of sulfonamides is 1. The Morgan fingerprint density at radius 2 is 2.10 bits per heavy atom. The van der Waals surface area contributed by atoms with Gasteiger partial charge in [0.1, 0.15) is 10.6 Å². The molecular weight excluding hydrogens is 286 g/mol. The number of carboxylic acid groups (broad SMARTS) is 1. The lowest BCUT2D eigenvalue weighted by Gasteiger charge is -2.08. The van der Waals surface area contributed by atoms with Gasteiger partial charge in [0.05, 0.1) is 5.92 Å². The summed E-state index contributed by atoms with van der Waals surface area (Å²) in [7, 11) is -2.34. The number of carbonyl (C=O) groups excluding carboxylic acids is 1. The van der Waals surface area contributed by atoms with Gasteiger partial charge < -0.3 is 15.0 Å². The molecule has 0 radical (unpaired) electrons. The zero-order valence-corrected chi connectivity index (χ0v) is 12.0. The Morgan fingerprint density at radius 3 is 2.55 bits per heavy atom. The molecule has 0 spiro atoms. The number of hydrogen-bond donors (Lipinski definition) is 3. The van der Waals surface area contributed by atoms with Crippen LogP contribution in [0.5, 0.6) is 0 Å². The van der Waals surface area contributed by atoms with Crippen LogP contribution in [0.1, 0.15) is 23.8 Å². The Kier molecular flexibility index (Phi) is 4.90. The van der Waals surface area contributed by atoms with Crippen molar-refractivity contribution in [3.05, 3.63) is 18.0 Å². The van der Waals surface area contributed by atoms with Gasteiger partial charge in [0, 0.05) is 19.8 Å². The summed E-state index contributed by atoms with van der Waals surface area (Å²) in [6.07, 6.45) is 1.53. The van der Waals surface area contributed by atoms with Gasteiger partial charge in [-0.15, -0.1) is 0 Å². The number of carbonyl (C=O) groups is 2. The molecule has 1 amide bonds. The first-order valence-electron chi connectivity index (χ1n) is 5.83. The molecule has 0 bridgehead atoms. The molecule has 0 fully saturated rings. The summed E-state index contributed by atoms with van der Waals surface area (Å²) in [6.45, 7) is 1.72. The summed E-state index contributed by atoms with van der Waals surface area (Å²) in [5, 5.41) is 16.2. The van der Waals surface area contributed by atoms with Crippen molar-refractivity contribution >= 4 is 21.9 Å². The fraction of sp³-hybridized carbons (Fsp3) is 0.455. The van der Waals surface area contributed by atoms with E-state index in [1.165, 1.54) is 30.8 Å². The molecule has 8 nitrogen and oxygen atoms in total. The van der Waals surface area contributed by atoms with Crippen LogP contribution >= 0.6 is 0 Å². The molecule has 0 aromatic carbocycles. The lowest BCUT2D eigenvalue weighted by atomic mass is 10.1. The quantitative estimate of drug-likeness (QED) is 0.652. The van der Waals surface area contributed by atoms with Crippen molar-refractivity contribution in [3.8, 4) is 0 Å². The maximum atomic E-state index is 11.8. The van der Waals surface area contributed by atoms with Crippen LogP contribution in [0.25, 0.3) is 0 Å². The third kappa shape index (κ3) is 4.07. The maximum Gasteiger partial charge on any atom is 0.306 e. The number of nitrogens with one attached hydrogen (secondary N) is 1. The predicted octanol–water partition coefficient (Wildman–Crippen LogP) is -0.487. The van der Waals surface area contributed by atoms with Gasteiger partial charge >= 0.3 is 5.97 Å². The van der Waals surface area contributed by atoms with Crippen LogP contribution < -0.4 is 10.5 Å². The number of aromatic nitrogens is 1. The van der Waals surface area contributed by atoms with E-state index in [0.29, 0.717) is 0 Å². The third-order valence-electron chi connectivity index (χ3n) is 2.83. The number of aliphatic carboxylic acids is 1. The Hall–Kier alpha value is -1.87. The first kappa shape index (κ1) is 16.2. The second kappa shape index (κ2) is 6.06. The van der Waals surface area contributed by atoms with Crippen molar-refractivity contribution in [3.63, 3.8) is 0 Å². The highest BCUT2D eigenvalue weighted by molar-refractivity contribution is 7.89. The molecular formula is C11H17N3O5S. The molecule has 1 aromatic rings. The molecule has 0 aliphatic heterocycles. The van der Waals surface area contributed by atoms with Gasteiger partial charge in [-0.1, -0.05) is 6.92 Å². The first-order chi connectivity index (χ1) is 9.12. The van der Waals surface area contributed by atoms with E-state index in [1.54, 1.807) is 0 Å². The summed E-state index contributed by atoms with van der Waals surface area (Å²) >= 11 is 0. The smallest absolute Gasteiger partial charge is 0.306 e. The van der Waals surface area contributed by atoms with Crippen LogP contribution in [-0.4, -0.2) is 36.5 Å². The van der Waals surface area contributed by atoms with E-state index >= 15 is 0 Å². The van der Waals surface area contributed by atoms with E-state index in [9.17, 15) is 18.0 Å². The van der Waals surface area contributed by atoms with Crippen LogP contribution in [0.15, 0.2) is 17.2 Å². The minimum atomic E-state index is -3.86. The minimum Gasteiger partial charge on any atom is -0.481 e. The van der Waals surface area contributed by atoms with Crippen molar-refractivity contribution in [2.45, 2.75) is 18.2 Å². The van der Waals surface area contributed by atoms with E-state index in [4.69, 9.17) is 10.2 Å². The number of rotatable bonds is 6. The topological polar surface area (TPSA) is 131 Å². The molecule has 1 unspecified atom stereocenters. The molecule has 0 aliphatic carbocycles. The van der Waals surface area contributed by atoms with Gasteiger partial charge in [-0.25, -0.2) is 13.6 Å². The molecule has 0 saturated carbocycles. The van der Waals surface area contributed by atoms with Crippen LogP contribution in [0.3, 0.4) is 0 Å². The third-order valence-corrected chi connectivity index (χ3v) is 3.71. The Bertz CT molecular complexity index is 620. The van der Waals surface area contributed by atoms with E-state index < -0.39 is 27.8 Å². The molecule has 1 aromatic heterocycles. The average molecular weight is 303 g/mol. The number of hydrogen-bond acceptors (Lipinski definition) is 4. The van der Waals surface area contributed by atoms with Gasteiger partial charge in [0.2, 0.25) is 10.0 Å². The number of amides is 1. The number of aryl methyl sites for hydroxylation is 1. The fourth-order valence-electron chi connectivity index (χ4n) is 1.53. The van der Waals surface area contributed by atoms with E-state index in [0.717, 1.165) is 0 Å². The SMILES string of the molecule is CC(CCNC(=O)c1cc(S(N)(=O)=O)cn1C)C(=O)O. The number of nitrogens with zero attached hydrogens (tertiary/aromatic N) is 1. The predicted molar refractivity (Wildman–Crippen MR) is 70.5 cm³/mol. The highest BCUT2D eigenvalue weighted by Gasteiger charge is 2.17. The number of carboxylic acids is 1. The largest absolute Gasteiger partial charge is 0.481 e. The van der Waals surface area contributed by atoms with Crippen LogP contribution in [-0.2, 0) is 21.9 Å². The Labute approximate surface area is 116 Å². The van der Waals surface area contributed by atoms with Gasteiger partial charge in [-0.05, 0) is 12.5 Å². The van der Waals surface area contributed by atoms with Gasteiger partial charge in [0.15, 0.2) is 0 Å². The minimum absolute atomic E-state index is 0.136. The Balaban J connectivity index is 2.69. The summed E-state index contributed by atoms with van der Waals surface area (Å²) in [4.78, 5) is 22.3. The summed E-state index contributed by atoms with van der Waals surface area (Å²) in [6, 6.07) is 1.17. The van der Waals surface area contributed by atoms with Crippen molar-refractivity contribution in [1.82, 2.24) is 9.88 Å². The first-order valence-corrected chi connectivity index (χ1v) is 7.37. The second-order valence-corrected chi connectivity index (χ2v) is 6.06. The lowest BCUT2D eigenvalue weighted by molar-refractivity contribution is -0.141.